The molecule has 1 aromatic heterocycles. The van der Waals surface area contributed by atoms with Gasteiger partial charge in [0.05, 0.1) is 18.1 Å². The van der Waals surface area contributed by atoms with Crippen molar-refractivity contribution in [2.24, 2.45) is 0 Å². The minimum Gasteiger partial charge on any atom is -0.544 e. The molecule has 0 amide bonds. The molecule has 0 aliphatic heterocycles. The first-order valence-corrected chi connectivity index (χ1v) is 8.07. The van der Waals surface area contributed by atoms with Crippen LogP contribution in [0.1, 0.15) is 11.4 Å². The molecule has 0 saturated carbocycles. The van der Waals surface area contributed by atoms with Crippen molar-refractivity contribution in [3.05, 3.63) is 33.4 Å². The van der Waals surface area contributed by atoms with Crippen LogP contribution in [0.3, 0.4) is 0 Å². The summed E-state index contributed by atoms with van der Waals surface area (Å²) in [5.74, 6) is 2.14. The lowest BCUT2D eigenvalue weighted by Gasteiger charge is -2.12. The maximum absolute atomic E-state index is 11.4. The van der Waals surface area contributed by atoms with Crippen molar-refractivity contribution >= 4 is 35.4 Å². The van der Waals surface area contributed by atoms with E-state index in [-0.39, 0.29) is 27.4 Å². The molecule has 0 spiro atoms. The molecule has 0 fully saturated rings. The van der Waals surface area contributed by atoms with Gasteiger partial charge in [0.2, 0.25) is 5.16 Å². The first-order valence-electron chi connectivity index (χ1n) is 6.88. The highest BCUT2D eigenvalue weighted by atomic mass is 35.5. The number of thioether (sulfide) groups is 1. The molecule has 1 aromatic carbocycles. The maximum atomic E-state index is 11.4. The normalized spacial score (nSPS) is 11.0. The third-order valence-corrected chi connectivity index (χ3v) is 3.98. The summed E-state index contributed by atoms with van der Waals surface area (Å²) in [6.45, 7) is 1.73. The van der Waals surface area contributed by atoms with Crippen LogP contribution in [0.2, 0.25) is 5.02 Å². The Balaban J connectivity index is 2.37. The molecule has 0 atom stereocenters. The Morgan fingerprint density at radius 2 is 2.32 bits per heavy atom. The molecule has 1 heterocycles. The van der Waals surface area contributed by atoms with Crippen molar-refractivity contribution in [1.29, 1.82) is 0 Å². The lowest BCUT2D eigenvalue weighted by Crippen LogP contribution is -2.23. The molecule has 0 bridgehead atoms. The van der Waals surface area contributed by atoms with Crippen LogP contribution in [0, 0.1) is 19.3 Å². The Bertz CT molecular complexity index is 858. The SMILES string of the molecule is C#CCOc1c(Cl)cc(/C=C(/Sc2n[nH]c(C)n2)C(=O)[O-])cc1OC. The van der Waals surface area contributed by atoms with Crippen molar-refractivity contribution in [2.75, 3.05) is 13.7 Å². The van der Waals surface area contributed by atoms with Crippen LogP contribution in [0.15, 0.2) is 22.2 Å². The number of aliphatic carboxylic acids is 1. The number of aromatic amines is 1. The van der Waals surface area contributed by atoms with E-state index in [0.29, 0.717) is 17.1 Å². The Labute approximate surface area is 153 Å². The van der Waals surface area contributed by atoms with Gasteiger partial charge in [0, 0.05) is 4.91 Å². The highest BCUT2D eigenvalue weighted by Crippen LogP contribution is 2.37. The van der Waals surface area contributed by atoms with Gasteiger partial charge in [-0.3, -0.25) is 5.10 Å². The summed E-state index contributed by atoms with van der Waals surface area (Å²) >= 11 is 7.03. The van der Waals surface area contributed by atoms with Gasteiger partial charge in [-0.05, 0) is 42.5 Å². The molecular formula is C16H13ClN3O4S-. The van der Waals surface area contributed by atoms with E-state index in [1.165, 1.54) is 19.3 Å². The number of benzene rings is 1. The zero-order valence-corrected chi connectivity index (χ0v) is 14.9. The lowest BCUT2D eigenvalue weighted by molar-refractivity contribution is -0.297. The smallest absolute Gasteiger partial charge is 0.213 e. The summed E-state index contributed by atoms with van der Waals surface area (Å²) in [5, 5.41) is 18.4. The number of halogens is 1. The van der Waals surface area contributed by atoms with Crippen LogP contribution in [0.4, 0.5) is 0 Å². The van der Waals surface area contributed by atoms with E-state index in [9.17, 15) is 9.90 Å². The fraction of sp³-hybridized carbons (Fsp3) is 0.188. The van der Waals surface area contributed by atoms with Gasteiger partial charge in [0.25, 0.3) is 0 Å². The van der Waals surface area contributed by atoms with E-state index in [0.717, 1.165) is 11.8 Å². The van der Waals surface area contributed by atoms with Crippen LogP contribution in [0.25, 0.3) is 6.08 Å². The number of rotatable bonds is 7. The average molecular weight is 379 g/mol. The highest BCUT2D eigenvalue weighted by molar-refractivity contribution is 8.04. The second-order valence-electron chi connectivity index (χ2n) is 4.63. The van der Waals surface area contributed by atoms with E-state index >= 15 is 0 Å². The Kier molecular flexibility index (Phi) is 6.33. The van der Waals surface area contributed by atoms with Crippen LogP contribution in [-0.4, -0.2) is 34.9 Å². The Morgan fingerprint density at radius 3 is 2.88 bits per heavy atom. The van der Waals surface area contributed by atoms with Crippen LogP contribution in [-0.2, 0) is 4.79 Å². The Morgan fingerprint density at radius 1 is 1.56 bits per heavy atom. The topological polar surface area (TPSA) is 100 Å². The summed E-state index contributed by atoms with van der Waals surface area (Å²) in [4.78, 5) is 15.3. The number of aromatic nitrogens is 3. The maximum Gasteiger partial charge on any atom is 0.213 e. The predicted molar refractivity (Wildman–Crippen MR) is 92.3 cm³/mol. The number of nitrogens with one attached hydrogen (secondary N) is 1. The number of methoxy groups -OCH3 is 1. The quantitative estimate of drug-likeness (QED) is 0.444. The van der Waals surface area contributed by atoms with Crippen LogP contribution in [0.5, 0.6) is 11.5 Å². The van der Waals surface area contributed by atoms with Crippen molar-refractivity contribution in [1.82, 2.24) is 15.2 Å². The Hall–Kier alpha value is -2.63. The minimum absolute atomic E-state index is 0.0234. The first-order chi connectivity index (χ1) is 11.9. The third-order valence-electron chi connectivity index (χ3n) is 2.83. The highest BCUT2D eigenvalue weighted by Gasteiger charge is 2.13. The van der Waals surface area contributed by atoms with E-state index in [2.05, 4.69) is 21.1 Å². The molecule has 2 aromatic rings. The molecule has 0 aliphatic carbocycles. The second kappa shape index (κ2) is 8.46. The molecule has 0 radical (unpaired) electrons. The van der Waals surface area contributed by atoms with Gasteiger partial charge < -0.3 is 19.4 Å². The zero-order chi connectivity index (χ0) is 18.4. The van der Waals surface area contributed by atoms with Gasteiger partial charge in [-0.25, -0.2) is 4.98 Å². The van der Waals surface area contributed by atoms with Crippen LogP contribution >= 0.6 is 23.4 Å². The number of aryl methyl sites for hydroxylation is 1. The van der Waals surface area contributed by atoms with Crippen molar-refractivity contribution in [3.8, 4) is 23.8 Å². The van der Waals surface area contributed by atoms with E-state index < -0.39 is 5.97 Å². The number of carboxylic acid groups (broad SMARTS) is 1. The molecular weight excluding hydrogens is 366 g/mol. The number of nitrogens with zero attached hydrogens (tertiary/aromatic N) is 2. The average Bonchev–Trinajstić information content (AvgIpc) is 2.97. The van der Waals surface area contributed by atoms with Crippen molar-refractivity contribution in [2.45, 2.75) is 12.1 Å². The molecule has 25 heavy (non-hydrogen) atoms. The third kappa shape index (κ3) is 4.92. The molecule has 0 saturated heterocycles. The van der Waals surface area contributed by atoms with Gasteiger partial charge >= 0.3 is 0 Å². The summed E-state index contributed by atoms with van der Waals surface area (Å²) in [6.07, 6.45) is 6.54. The number of carboxylic acids is 1. The fourth-order valence-electron chi connectivity index (χ4n) is 1.82. The van der Waals surface area contributed by atoms with Crippen molar-refractivity contribution < 1.29 is 19.4 Å². The van der Waals surface area contributed by atoms with Gasteiger partial charge in [-0.1, -0.05) is 17.5 Å². The van der Waals surface area contributed by atoms with Gasteiger partial charge in [0.1, 0.15) is 12.4 Å². The number of carbonyl (C=O) groups excluding carboxylic acids is 1. The number of H-pyrrole nitrogens is 1. The monoisotopic (exact) mass is 378 g/mol. The molecule has 7 nitrogen and oxygen atoms in total. The number of ether oxygens (including phenoxy) is 2. The summed E-state index contributed by atoms with van der Waals surface area (Å²) < 4.78 is 10.6. The van der Waals surface area contributed by atoms with E-state index in [4.69, 9.17) is 27.5 Å². The molecule has 0 aliphatic rings. The number of hydrogen-bond donors (Lipinski definition) is 1. The molecule has 130 valence electrons. The summed E-state index contributed by atoms with van der Waals surface area (Å²) in [5.41, 5.74) is 0.480. The lowest BCUT2D eigenvalue weighted by atomic mass is 10.2. The number of terminal acetylenes is 1. The molecule has 0 unspecified atom stereocenters. The zero-order valence-electron chi connectivity index (χ0n) is 13.3. The molecule has 9 heteroatoms. The van der Waals surface area contributed by atoms with E-state index in [1.54, 1.807) is 13.0 Å². The fourth-order valence-corrected chi connectivity index (χ4v) is 2.85. The van der Waals surface area contributed by atoms with Gasteiger partial charge in [-0.2, -0.15) is 0 Å². The number of carbonyl (C=O) groups is 1. The summed E-state index contributed by atoms with van der Waals surface area (Å²) in [6, 6.07) is 3.10. The first kappa shape index (κ1) is 18.7. The van der Waals surface area contributed by atoms with Crippen LogP contribution < -0.4 is 14.6 Å². The van der Waals surface area contributed by atoms with E-state index in [1.807, 2.05) is 0 Å². The predicted octanol–water partition coefficient (Wildman–Crippen LogP) is 1.67. The standard InChI is InChI=1S/C16H14ClN3O4S/c1-4-5-24-14-11(17)6-10(7-12(14)23-3)8-13(15(21)22)25-16-18-9(2)19-20-16/h1,6-8H,5H2,2-3H3,(H,21,22)(H,18,19,20)/p-1/b13-8+. The molecule has 1 N–H and O–H groups in total. The second-order valence-corrected chi connectivity index (χ2v) is 6.04. The number of hydrogen-bond acceptors (Lipinski definition) is 7. The minimum atomic E-state index is -1.37. The van der Waals surface area contributed by atoms with Crippen molar-refractivity contribution in [3.63, 3.8) is 0 Å². The van der Waals surface area contributed by atoms with Gasteiger partial charge in [-0.15, -0.1) is 11.5 Å². The summed E-state index contributed by atoms with van der Waals surface area (Å²) in [7, 11) is 1.44. The largest absolute Gasteiger partial charge is 0.544 e. The molecule has 2 rings (SSSR count). The van der Waals surface area contributed by atoms with Gasteiger partial charge in [0.15, 0.2) is 11.5 Å².